The van der Waals surface area contributed by atoms with Crippen molar-refractivity contribution < 1.29 is 9.18 Å². The number of carbonyl (C=O) groups excluding carboxylic acids is 1. The Morgan fingerprint density at radius 2 is 2.00 bits per heavy atom. The van der Waals surface area contributed by atoms with Crippen LogP contribution in [0.5, 0.6) is 0 Å². The molecule has 1 amide bonds. The van der Waals surface area contributed by atoms with Gasteiger partial charge in [0.15, 0.2) is 0 Å². The molecular weight excluding hydrogens is 419 g/mol. The Morgan fingerprint density at radius 3 is 2.76 bits per heavy atom. The number of amides is 1. The lowest BCUT2D eigenvalue weighted by Crippen LogP contribution is -2.46. The van der Waals surface area contributed by atoms with Crippen molar-refractivity contribution in [3.63, 3.8) is 0 Å². The lowest BCUT2D eigenvalue weighted by atomic mass is 9.76. The van der Waals surface area contributed by atoms with E-state index in [1.165, 1.54) is 22.2 Å². The topological polar surface area (TPSA) is 80.0 Å². The third-order valence-electron chi connectivity index (χ3n) is 7.01. The maximum atomic E-state index is 15.1. The first-order chi connectivity index (χ1) is 15.7. The highest BCUT2D eigenvalue weighted by molar-refractivity contribution is 6.05. The van der Waals surface area contributed by atoms with Crippen molar-refractivity contribution >= 4 is 22.5 Å². The van der Waals surface area contributed by atoms with Crippen LogP contribution in [0.3, 0.4) is 0 Å². The first kappa shape index (κ1) is 21.7. The van der Waals surface area contributed by atoms with E-state index in [9.17, 15) is 4.79 Å². The molecule has 1 aliphatic heterocycles. The molecule has 33 heavy (non-hydrogen) atoms. The molecule has 0 atom stereocenters. The van der Waals surface area contributed by atoms with Gasteiger partial charge >= 0.3 is 0 Å². The fourth-order valence-electron chi connectivity index (χ4n) is 4.97. The van der Waals surface area contributed by atoms with Crippen LogP contribution < -0.4 is 10.2 Å². The van der Waals surface area contributed by atoms with Gasteiger partial charge < -0.3 is 20.1 Å². The zero-order chi connectivity index (χ0) is 23.3. The van der Waals surface area contributed by atoms with Gasteiger partial charge in [-0.05, 0) is 42.9 Å². The summed E-state index contributed by atoms with van der Waals surface area (Å²) >= 11 is 0. The van der Waals surface area contributed by atoms with Crippen LogP contribution in [-0.4, -0.2) is 59.2 Å². The molecule has 3 N–H and O–H groups in total. The van der Waals surface area contributed by atoms with E-state index in [2.05, 4.69) is 40.9 Å². The summed E-state index contributed by atoms with van der Waals surface area (Å²) in [6, 6.07) is 5.10. The van der Waals surface area contributed by atoms with E-state index in [0.29, 0.717) is 18.8 Å². The lowest BCUT2D eigenvalue weighted by molar-refractivity contribution is -0.116. The van der Waals surface area contributed by atoms with Crippen molar-refractivity contribution in [3.8, 4) is 11.4 Å². The molecule has 0 spiro atoms. The first-order valence-corrected chi connectivity index (χ1v) is 11.5. The number of hydrogen-bond donors (Lipinski definition) is 3. The Morgan fingerprint density at radius 1 is 1.24 bits per heavy atom. The van der Waals surface area contributed by atoms with Crippen LogP contribution in [0.1, 0.15) is 31.5 Å². The number of anilines is 1. The largest absolute Gasteiger partial charge is 0.365 e. The molecule has 0 unspecified atom stereocenters. The maximum Gasteiger partial charge on any atom is 0.273 e. The highest BCUT2D eigenvalue weighted by atomic mass is 19.1. The molecule has 7 nitrogen and oxygen atoms in total. The minimum absolute atomic E-state index is 0.225. The SMILES string of the molecule is C=C(C(=O)N(C)c1cc2[nH]c(-c3n[nH]c4c3CCC(C)(C)C4)cc2cc1F)N1CCNCC1. The van der Waals surface area contributed by atoms with E-state index in [4.69, 9.17) is 0 Å². The minimum atomic E-state index is -0.442. The Bertz CT molecular complexity index is 1230. The quantitative estimate of drug-likeness (QED) is 0.531. The molecule has 1 fully saturated rings. The summed E-state index contributed by atoms with van der Waals surface area (Å²) in [5.41, 5.74) is 5.82. The minimum Gasteiger partial charge on any atom is -0.365 e. The van der Waals surface area contributed by atoms with Crippen LogP contribution >= 0.6 is 0 Å². The number of nitrogens with zero attached hydrogens (tertiary/aromatic N) is 3. The molecule has 5 rings (SSSR count). The molecule has 3 heterocycles. The Labute approximate surface area is 193 Å². The van der Waals surface area contributed by atoms with E-state index in [0.717, 1.165) is 54.6 Å². The fourth-order valence-corrected chi connectivity index (χ4v) is 4.97. The molecule has 1 saturated heterocycles. The molecule has 0 bridgehead atoms. The highest BCUT2D eigenvalue weighted by Crippen LogP contribution is 2.38. The number of H-pyrrole nitrogens is 2. The summed E-state index contributed by atoms with van der Waals surface area (Å²) in [6.45, 7) is 11.6. The number of aromatic amines is 2. The molecule has 1 aliphatic carbocycles. The average Bonchev–Trinajstić information content (AvgIpc) is 3.39. The van der Waals surface area contributed by atoms with Crippen molar-refractivity contribution in [2.45, 2.75) is 33.1 Å². The van der Waals surface area contributed by atoms with Crippen LogP contribution in [-0.2, 0) is 17.6 Å². The zero-order valence-corrected chi connectivity index (χ0v) is 19.5. The van der Waals surface area contributed by atoms with Gasteiger partial charge in [0, 0.05) is 55.4 Å². The third kappa shape index (κ3) is 3.93. The number of carbonyl (C=O) groups is 1. The fraction of sp³-hybridized carbons (Fsp3) is 0.440. The summed E-state index contributed by atoms with van der Waals surface area (Å²) in [5, 5.41) is 11.8. The Hall–Kier alpha value is -3.13. The number of aromatic nitrogens is 3. The lowest BCUT2D eigenvalue weighted by Gasteiger charge is -2.32. The molecule has 1 aromatic carbocycles. The number of halogens is 1. The monoisotopic (exact) mass is 450 g/mol. The number of likely N-dealkylation sites (N-methyl/N-ethyl adjacent to an activating group) is 1. The van der Waals surface area contributed by atoms with E-state index < -0.39 is 5.82 Å². The van der Waals surface area contributed by atoms with E-state index >= 15 is 4.39 Å². The summed E-state index contributed by atoms with van der Waals surface area (Å²) < 4.78 is 15.1. The van der Waals surface area contributed by atoms with Gasteiger partial charge in [0.25, 0.3) is 5.91 Å². The van der Waals surface area contributed by atoms with Crippen LogP contribution in [0.2, 0.25) is 0 Å². The highest BCUT2D eigenvalue weighted by Gasteiger charge is 2.30. The van der Waals surface area contributed by atoms with Gasteiger partial charge in [-0.3, -0.25) is 9.89 Å². The van der Waals surface area contributed by atoms with Gasteiger partial charge in [0.05, 0.1) is 17.1 Å². The summed E-state index contributed by atoms with van der Waals surface area (Å²) in [5.74, 6) is -0.742. The van der Waals surface area contributed by atoms with Crippen LogP contribution in [0.15, 0.2) is 30.5 Å². The van der Waals surface area contributed by atoms with E-state index in [-0.39, 0.29) is 17.0 Å². The maximum absolute atomic E-state index is 15.1. The van der Waals surface area contributed by atoms with Crippen molar-refractivity contribution in [2.75, 3.05) is 38.1 Å². The average molecular weight is 451 g/mol. The smallest absolute Gasteiger partial charge is 0.273 e. The van der Waals surface area contributed by atoms with Crippen molar-refractivity contribution in [1.82, 2.24) is 25.4 Å². The predicted molar refractivity (Wildman–Crippen MR) is 129 cm³/mol. The van der Waals surface area contributed by atoms with Crippen LogP contribution in [0.4, 0.5) is 10.1 Å². The van der Waals surface area contributed by atoms with Gasteiger partial charge in [-0.2, -0.15) is 5.10 Å². The Balaban J connectivity index is 1.44. The van der Waals surface area contributed by atoms with Gasteiger partial charge in [-0.25, -0.2) is 4.39 Å². The van der Waals surface area contributed by atoms with Crippen LogP contribution in [0, 0.1) is 11.2 Å². The molecule has 2 aromatic heterocycles. The van der Waals surface area contributed by atoms with Crippen molar-refractivity contribution in [3.05, 3.63) is 47.5 Å². The second-order valence-corrected chi connectivity index (χ2v) is 9.99. The molecule has 3 aromatic rings. The van der Waals surface area contributed by atoms with Gasteiger partial charge in [-0.15, -0.1) is 0 Å². The molecule has 0 radical (unpaired) electrons. The number of benzene rings is 1. The number of hydrogen-bond acceptors (Lipinski definition) is 4. The zero-order valence-electron chi connectivity index (χ0n) is 19.5. The molecule has 2 aliphatic rings. The van der Waals surface area contributed by atoms with Crippen molar-refractivity contribution in [1.29, 1.82) is 0 Å². The first-order valence-electron chi connectivity index (χ1n) is 11.5. The normalized spacial score (nSPS) is 17.8. The summed E-state index contributed by atoms with van der Waals surface area (Å²) in [4.78, 5) is 19.7. The van der Waals surface area contributed by atoms with Gasteiger partial charge in [0.1, 0.15) is 11.5 Å². The number of piperazine rings is 1. The second-order valence-electron chi connectivity index (χ2n) is 9.99. The van der Waals surface area contributed by atoms with Crippen LogP contribution in [0.25, 0.3) is 22.3 Å². The molecule has 174 valence electrons. The third-order valence-corrected chi connectivity index (χ3v) is 7.01. The van der Waals surface area contributed by atoms with Gasteiger partial charge in [-0.1, -0.05) is 20.4 Å². The summed E-state index contributed by atoms with van der Waals surface area (Å²) in [6.07, 6.45) is 3.04. The summed E-state index contributed by atoms with van der Waals surface area (Å²) in [7, 11) is 1.59. The van der Waals surface area contributed by atoms with E-state index in [1.54, 1.807) is 13.1 Å². The van der Waals surface area contributed by atoms with Gasteiger partial charge in [0.2, 0.25) is 0 Å². The standard InChI is InChI=1S/C25H31FN6O/c1-15(32-9-7-27-8-10-32)24(33)31(4)22-13-19-16(11-18(22)26)12-20(28-19)23-17-5-6-25(2,3)14-21(17)29-30-23/h11-13,27-28H,1,5-10,14H2,2-4H3,(H,29,30). The number of rotatable bonds is 4. The Kier molecular flexibility index (Phi) is 5.28. The predicted octanol–water partition coefficient (Wildman–Crippen LogP) is 3.59. The molecule has 8 heteroatoms. The molecular formula is C25H31FN6O. The van der Waals surface area contributed by atoms with Crippen molar-refractivity contribution in [2.24, 2.45) is 5.41 Å². The molecule has 0 saturated carbocycles. The number of fused-ring (bicyclic) bond motifs is 2. The second kappa shape index (κ2) is 8.02. The number of nitrogens with one attached hydrogen (secondary N) is 3. The van der Waals surface area contributed by atoms with E-state index in [1.807, 2.05) is 11.0 Å².